The third kappa shape index (κ3) is 4.14. The molecule has 1 amide bonds. The number of aryl methyl sites for hydroxylation is 2. The molecular formula is C16H15N3O2S2. The maximum Gasteiger partial charge on any atom is 0.257 e. The van der Waals surface area contributed by atoms with Crippen molar-refractivity contribution in [2.75, 3.05) is 5.32 Å². The van der Waals surface area contributed by atoms with Crippen LogP contribution in [0.4, 0.5) is 5.13 Å². The quantitative estimate of drug-likeness (QED) is 0.758. The van der Waals surface area contributed by atoms with Crippen molar-refractivity contribution in [2.45, 2.75) is 20.5 Å². The van der Waals surface area contributed by atoms with Crippen LogP contribution in [-0.2, 0) is 6.61 Å². The largest absolute Gasteiger partial charge is 0.487 e. The van der Waals surface area contributed by atoms with Crippen LogP contribution in [0.15, 0.2) is 35.0 Å². The van der Waals surface area contributed by atoms with E-state index in [0.717, 1.165) is 16.4 Å². The monoisotopic (exact) mass is 345 g/mol. The van der Waals surface area contributed by atoms with Gasteiger partial charge in [0, 0.05) is 16.3 Å². The number of anilines is 1. The Labute approximate surface area is 142 Å². The SMILES string of the molecule is Cc1csc(NC(=O)c2cccc(OCc3csc(C)n3)c2)n1. The summed E-state index contributed by atoms with van der Waals surface area (Å²) in [4.78, 5) is 20.8. The number of nitrogens with one attached hydrogen (secondary N) is 1. The fourth-order valence-corrected chi connectivity index (χ4v) is 3.22. The van der Waals surface area contributed by atoms with E-state index in [1.54, 1.807) is 29.5 Å². The molecule has 0 radical (unpaired) electrons. The first-order valence-corrected chi connectivity index (χ1v) is 8.73. The minimum Gasteiger partial charge on any atom is -0.487 e. The highest BCUT2D eigenvalue weighted by Crippen LogP contribution is 2.19. The molecule has 0 spiro atoms. The first-order chi connectivity index (χ1) is 11.1. The number of benzene rings is 1. The molecule has 1 aromatic carbocycles. The van der Waals surface area contributed by atoms with E-state index in [-0.39, 0.29) is 5.91 Å². The van der Waals surface area contributed by atoms with Crippen LogP contribution >= 0.6 is 22.7 Å². The molecule has 0 aliphatic carbocycles. The molecule has 2 aromatic heterocycles. The maximum atomic E-state index is 12.2. The summed E-state index contributed by atoms with van der Waals surface area (Å²) in [5, 5.41) is 8.25. The molecule has 7 heteroatoms. The lowest BCUT2D eigenvalue weighted by molar-refractivity contribution is 0.102. The highest BCUT2D eigenvalue weighted by atomic mass is 32.1. The minimum atomic E-state index is -0.200. The van der Waals surface area contributed by atoms with Crippen LogP contribution in [0.1, 0.15) is 26.8 Å². The van der Waals surface area contributed by atoms with Gasteiger partial charge in [0.2, 0.25) is 0 Å². The molecule has 2 heterocycles. The standard InChI is InChI=1S/C16H15N3O2S2/c1-10-8-23-16(17-10)19-15(20)12-4-3-5-14(6-12)21-7-13-9-22-11(2)18-13/h3-6,8-9H,7H2,1-2H3,(H,17,19,20). The van der Waals surface area contributed by atoms with E-state index in [4.69, 9.17) is 4.74 Å². The molecule has 118 valence electrons. The van der Waals surface area contributed by atoms with E-state index < -0.39 is 0 Å². The summed E-state index contributed by atoms with van der Waals surface area (Å²) >= 11 is 2.99. The Morgan fingerprint density at radius 2 is 2.09 bits per heavy atom. The van der Waals surface area contributed by atoms with Crippen LogP contribution in [0, 0.1) is 13.8 Å². The smallest absolute Gasteiger partial charge is 0.257 e. The van der Waals surface area contributed by atoms with Gasteiger partial charge in [0.15, 0.2) is 5.13 Å². The summed E-state index contributed by atoms with van der Waals surface area (Å²) in [6.45, 7) is 4.24. The topological polar surface area (TPSA) is 64.1 Å². The van der Waals surface area contributed by atoms with Gasteiger partial charge < -0.3 is 4.74 Å². The molecule has 0 atom stereocenters. The predicted octanol–water partition coefficient (Wildman–Crippen LogP) is 4.05. The summed E-state index contributed by atoms with van der Waals surface area (Å²) in [6.07, 6.45) is 0. The van der Waals surface area contributed by atoms with Crippen LogP contribution in [0.5, 0.6) is 5.75 Å². The second-order valence-corrected chi connectivity index (χ2v) is 6.84. The van der Waals surface area contributed by atoms with Gasteiger partial charge in [-0.2, -0.15) is 0 Å². The molecule has 0 saturated carbocycles. The van der Waals surface area contributed by atoms with E-state index in [1.807, 2.05) is 30.7 Å². The number of rotatable bonds is 5. The number of ether oxygens (including phenoxy) is 1. The van der Waals surface area contributed by atoms with E-state index in [9.17, 15) is 4.79 Å². The molecule has 23 heavy (non-hydrogen) atoms. The third-order valence-corrected chi connectivity index (χ3v) is 4.69. The zero-order valence-corrected chi connectivity index (χ0v) is 14.3. The Bertz CT molecular complexity index is 826. The zero-order valence-electron chi connectivity index (χ0n) is 12.7. The van der Waals surface area contributed by atoms with Crippen LogP contribution < -0.4 is 10.1 Å². The number of nitrogens with zero attached hydrogens (tertiary/aromatic N) is 2. The Morgan fingerprint density at radius 1 is 1.22 bits per heavy atom. The second-order valence-electron chi connectivity index (χ2n) is 4.92. The number of amides is 1. The number of hydrogen-bond donors (Lipinski definition) is 1. The second kappa shape index (κ2) is 6.89. The minimum absolute atomic E-state index is 0.200. The van der Waals surface area contributed by atoms with Gasteiger partial charge in [0.05, 0.1) is 16.4 Å². The van der Waals surface area contributed by atoms with Gasteiger partial charge in [-0.3, -0.25) is 10.1 Å². The van der Waals surface area contributed by atoms with E-state index in [1.165, 1.54) is 11.3 Å². The molecule has 1 N–H and O–H groups in total. The molecule has 3 rings (SSSR count). The Morgan fingerprint density at radius 3 is 2.78 bits per heavy atom. The lowest BCUT2D eigenvalue weighted by atomic mass is 10.2. The van der Waals surface area contributed by atoms with E-state index in [2.05, 4.69) is 15.3 Å². The summed E-state index contributed by atoms with van der Waals surface area (Å²) in [6, 6.07) is 7.08. The summed E-state index contributed by atoms with van der Waals surface area (Å²) in [7, 11) is 0. The van der Waals surface area contributed by atoms with Crippen LogP contribution in [0.25, 0.3) is 0 Å². The lowest BCUT2D eigenvalue weighted by Gasteiger charge is -2.07. The number of thiazole rings is 2. The maximum absolute atomic E-state index is 12.2. The summed E-state index contributed by atoms with van der Waals surface area (Å²) in [5.41, 5.74) is 2.31. The van der Waals surface area contributed by atoms with Crippen molar-refractivity contribution in [3.05, 3.63) is 57.0 Å². The Hall–Kier alpha value is -2.25. The van der Waals surface area contributed by atoms with E-state index in [0.29, 0.717) is 23.1 Å². The average Bonchev–Trinajstić information content (AvgIpc) is 3.14. The van der Waals surface area contributed by atoms with Crippen molar-refractivity contribution in [1.82, 2.24) is 9.97 Å². The molecule has 0 fully saturated rings. The van der Waals surface area contributed by atoms with Crippen molar-refractivity contribution >= 4 is 33.7 Å². The molecule has 0 saturated heterocycles. The summed E-state index contributed by atoms with van der Waals surface area (Å²) in [5.74, 6) is 0.438. The molecule has 3 aromatic rings. The van der Waals surface area contributed by atoms with Gasteiger partial charge in [-0.1, -0.05) is 6.07 Å². The molecule has 5 nitrogen and oxygen atoms in total. The van der Waals surface area contributed by atoms with Crippen LogP contribution in [0.3, 0.4) is 0 Å². The first kappa shape index (κ1) is 15.6. The molecule has 0 aliphatic heterocycles. The first-order valence-electron chi connectivity index (χ1n) is 6.97. The number of hydrogen-bond acceptors (Lipinski definition) is 6. The normalized spacial score (nSPS) is 10.5. The lowest BCUT2D eigenvalue weighted by Crippen LogP contribution is -2.11. The van der Waals surface area contributed by atoms with Crippen LogP contribution in [-0.4, -0.2) is 15.9 Å². The fraction of sp³-hybridized carbons (Fsp3) is 0.188. The fourth-order valence-electron chi connectivity index (χ4n) is 1.94. The molecule has 0 bridgehead atoms. The number of aromatic nitrogens is 2. The van der Waals surface area contributed by atoms with Gasteiger partial charge in [-0.15, -0.1) is 22.7 Å². The van der Waals surface area contributed by atoms with Gasteiger partial charge in [-0.25, -0.2) is 9.97 Å². The molecule has 0 unspecified atom stereocenters. The van der Waals surface area contributed by atoms with Crippen molar-refractivity contribution < 1.29 is 9.53 Å². The molecular weight excluding hydrogens is 330 g/mol. The third-order valence-electron chi connectivity index (χ3n) is 2.99. The van der Waals surface area contributed by atoms with Crippen LogP contribution in [0.2, 0.25) is 0 Å². The van der Waals surface area contributed by atoms with Gasteiger partial charge >= 0.3 is 0 Å². The highest BCUT2D eigenvalue weighted by Gasteiger charge is 2.09. The van der Waals surface area contributed by atoms with Gasteiger partial charge in [-0.05, 0) is 32.0 Å². The van der Waals surface area contributed by atoms with Crippen molar-refractivity contribution in [3.63, 3.8) is 0 Å². The Balaban J connectivity index is 1.65. The van der Waals surface area contributed by atoms with E-state index >= 15 is 0 Å². The predicted molar refractivity (Wildman–Crippen MR) is 92.4 cm³/mol. The number of carbonyl (C=O) groups is 1. The van der Waals surface area contributed by atoms with Crippen molar-refractivity contribution in [1.29, 1.82) is 0 Å². The van der Waals surface area contributed by atoms with Gasteiger partial charge in [0.25, 0.3) is 5.91 Å². The van der Waals surface area contributed by atoms with Gasteiger partial charge in [0.1, 0.15) is 12.4 Å². The number of carbonyl (C=O) groups excluding carboxylic acids is 1. The average molecular weight is 345 g/mol. The molecule has 0 aliphatic rings. The van der Waals surface area contributed by atoms with Crippen molar-refractivity contribution in [2.24, 2.45) is 0 Å². The highest BCUT2D eigenvalue weighted by molar-refractivity contribution is 7.14. The van der Waals surface area contributed by atoms with Crippen molar-refractivity contribution in [3.8, 4) is 5.75 Å². The zero-order chi connectivity index (χ0) is 16.2. The Kier molecular flexibility index (Phi) is 4.68. The summed E-state index contributed by atoms with van der Waals surface area (Å²) < 4.78 is 5.70.